The van der Waals surface area contributed by atoms with Crippen LogP contribution in [0.15, 0.2) is 30.3 Å². The van der Waals surface area contributed by atoms with Crippen molar-refractivity contribution in [1.82, 2.24) is 10.2 Å². The molecule has 0 radical (unpaired) electrons. The molecule has 17 heavy (non-hydrogen) atoms. The zero-order valence-electron chi connectivity index (χ0n) is 10.1. The molecule has 0 bridgehead atoms. The molecule has 1 aliphatic heterocycles. The minimum Gasteiger partial charge on any atom is -0.378 e. The average Bonchev–Trinajstić information content (AvgIpc) is 2.40. The average molecular weight is 234 g/mol. The molecule has 1 N–H and O–H groups in total. The van der Waals surface area contributed by atoms with Crippen LogP contribution in [0.2, 0.25) is 0 Å². The maximum absolute atomic E-state index is 11.9. The van der Waals surface area contributed by atoms with Gasteiger partial charge in [-0.05, 0) is 12.5 Å². The first-order valence-electron chi connectivity index (χ1n) is 5.95. The highest BCUT2D eigenvalue weighted by atomic mass is 16.5. The molecule has 1 saturated heterocycles. The number of benzene rings is 1. The summed E-state index contributed by atoms with van der Waals surface area (Å²) >= 11 is 0. The number of urea groups is 1. The zero-order valence-corrected chi connectivity index (χ0v) is 10.1. The molecule has 92 valence electrons. The van der Waals surface area contributed by atoms with Crippen molar-refractivity contribution in [3.8, 4) is 0 Å². The van der Waals surface area contributed by atoms with Crippen LogP contribution in [0.1, 0.15) is 18.5 Å². The first kappa shape index (κ1) is 11.9. The molecule has 1 aromatic carbocycles. The Kier molecular flexibility index (Phi) is 3.98. The van der Waals surface area contributed by atoms with Crippen molar-refractivity contribution in [3.05, 3.63) is 35.9 Å². The first-order valence-corrected chi connectivity index (χ1v) is 5.95. The van der Waals surface area contributed by atoms with Gasteiger partial charge in [0.05, 0.1) is 19.3 Å². The lowest BCUT2D eigenvalue weighted by atomic mass is 10.1. The number of hydrogen-bond acceptors (Lipinski definition) is 2. The van der Waals surface area contributed by atoms with Gasteiger partial charge in [-0.15, -0.1) is 0 Å². The summed E-state index contributed by atoms with van der Waals surface area (Å²) in [5, 5.41) is 3.00. The maximum Gasteiger partial charge on any atom is 0.318 e. The summed E-state index contributed by atoms with van der Waals surface area (Å²) in [6.07, 6.45) is 0. The van der Waals surface area contributed by atoms with Gasteiger partial charge in [-0.2, -0.15) is 0 Å². The Bertz CT molecular complexity index is 361. The fourth-order valence-corrected chi connectivity index (χ4v) is 1.87. The van der Waals surface area contributed by atoms with Crippen LogP contribution in [0.4, 0.5) is 4.79 Å². The van der Waals surface area contributed by atoms with Gasteiger partial charge in [-0.3, -0.25) is 0 Å². The van der Waals surface area contributed by atoms with Crippen LogP contribution in [0.25, 0.3) is 0 Å². The second-order valence-electron chi connectivity index (χ2n) is 4.18. The largest absolute Gasteiger partial charge is 0.378 e. The standard InChI is InChI=1S/C13H18N2O2/c1-11(12-5-3-2-4-6-12)14-13(16)15-7-9-17-10-8-15/h2-6,11H,7-10H2,1H3,(H,14,16)/t11-/m1/s1. The Morgan fingerprint density at radius 3 is 2.59 bits per heavy atom. The van der Waals surface area contributed by atoms with Crippen molar-refractivity contribution in [2.45, 2.75) is 13.0 Å². The third-order valence-corrected chi connectivity index (χ3v) is 2.94. The molecule has 0 unspecified atom stereocenters. The predicted octanol–water partition coefficient (Wildman–Crippen LogP) is 1.79. The van der Waals surface area contributed by atoms with Gasteiger partial charge in [0.2, 0.25) is 0 Å². The number of carbonyl (C=O) groups is 1. The fourth-order valence-electron chi connectivity index (χ4n) is 1.87. The van der Waals surface area contributed by atoms with E-state index in [1.165, 1.54) is 0 Å². The van der Waals surface area contributed by atoms with Gasteiger partial charge >= 0.3 is 6.03 Å². The summed E-state index contributed by atoms with van der Waals surface area (Å²) in [6.45, 7) is 4.61. The molecule has 0 aromatic heterocycles. The second-order valence-corrected chi connectivity index (χ2v) is 4.18. The molecule has 1 fully saturated rings. The van der Waals surface area contributed by atoms with Crippen molar-refractivity contribution in [1.29, 1.82) is 0 Å². The van der Waals surface area contributed by atoms with Gasteiger partial charge in [0.25, 0.3) is 0 Å². The normalized spacial score (nSPS) is 17.6. The zero-order chi connectivity index (χ0) is 12.1. The van der Waals surface area contributed by atoms with E-state index in [4.69, 9.17) is 4.74 Å². The predicted molar refractivity (Wildman–Crippen MR) is 65.8 cm³/mol. The van der Waals surface area contributed by atoms with Gasteiger partial charge < -0.3 is 15.0 Å². The monoisotopic (exact) mass is 234 g/mol. The molecule has 2 amide bonds. The molecule has 1 aromatic rings. The number of morpholine rings is 1. The number of hydrogen-bond donors (Lipinski definition) is 1. The lowest BCUT2D eigenvalue weighted by Crippen LogP contribution is -2.46. The van der Waals surface area contributed by atoms with E-state index in [-0.39, 0.29) is 12.1 Å². The van der Waals surface area contributed by atoms with Crippen LogP contribution in [0, 0.1) is 0 Å². The smallest absolute Gasteiger partial charge is 0.318 e. The van der Waals surface area contributed by atoms with E-state index in [1.807, 2.05) is 37.3 Å². The molecule has 4 nitrogen and oxygen atoms in total. The topological polar surface area (TPSA) is 41.6 Å². The van der Waals surface area contributed by atoms with Crippen molar-refractivity contribution < 1.29 is 9.53 Å². The Morgan fingerprint density at radius 2 is 1.94 bits per heavy atom. The molecule has 4 heteroatoms. The SMILES string of the molecule is C[C@@H](NC(=O)N1CCOCC1)c1ccccc1. The minimum atomic E-state index is -0.00958. The van der Waals surface area contributed by atoms with E-state index in [9.17, 15) is 4.79 Å². The summed E-state index contributed by atoms with van der Waals surface area (Å²) < 4.78 is 5.22. The van der Waals surface area contributed by atoms with E-state index < -0.39 is 0 Å². The first-order chi connectivity index (χ1) is 8.27. The molecule has 2 rings (SSSR count). The van der Waals surface area contributed by atoms with Gasteiger partial charge in [-0.1, -0.05) is 30.3 Å². The number of rotatable bonds is 2. The number of nitrogens with one attached hydrogen (secondary N) is 1. The minimum absolute atomic E-state index is 0.00958. The lowest BCUT2D eigenvalue weighted by molar-refractivity contribution is 0.0526. The Hall–Kier alpha value is -1.55. The van der Waals surface area contributed by atoms with Crippen LogP contribution in [-0.4, -0.2) is 37.2 Å². The van der Waals surface area contributed by atoms with Crippen LogP contribution in [0.5, 0.6) is 0 Å². The third-order valence-electron chi connectivity index (χ3n) is 2.94. The number of nitrogens with zero attached hydrogens (tertiary/aromatic N) is 1. The van der Waals surface area contributed by atoms with Crippen molar-refractivity contribution in [3.63, 3.8) is 0 Å². The molecular weight excluding hydrogens is 216 g/mol. The summed E-state index contributed by atoms with van der Waals surface area (Å²) in [5.41, 5.74) is 1.12. The highest BCUT2D eigenvalue weighted by Gasteiger charge is 2.18. The third kappa shape index (κ3) is 3.20. The van der Waals surface area contributed by atoms with Crippen LogP contribution < -0.4 is 5.32 Å². The molecule has 0 aliphatic carbocycles. The highest BCUT2D eigenvalue weighted by molar-refractivity contribution is 5.74. The Balaban J connectivity index is 1.89. The molecule has 1 heterocycles. The van der Waals surface area contributed by atoms with Crippen LogP contribution >= 0.6 is 0 Å². The van der Waals surface area contributed by atoms with Crippen molar-refractivity contribution in [2.75, 3.05) is 26.3 Å². The number of carbonyl (C=O) groups excluding carboxylic acids is 1. The summed E-state index contributed by atoms with van der Waals surface area (Å²) in [6, 6.07) is 9.99. The maximum atomic E-state index is 11.9. The van der Waals surface area contributed by atoms with Gasteiger partial charge in [0.1, 0.15) is 0 Å². The van der Waals surface area contributed by atoms with E-state index in [2.05, 4.69) is 5.32 Å². The Labute approximate surface area is 102 Å². The van der Waals surface area contributed by atoms with E-state index in [1.54, 1.807) is 4.90 Å². The van der Waals surface area contributed by atoms with Crippen molar-refractivity contribution >= 4 is 6.03 Å². The number of ether oxygens (including phenoxy) is 1. The van der Waals surface area contributed by atoms with E-state index in [0.29, 0.717) is 26.3 Å². The van der Waals surface area contributed by atoms with Gasteiger partial charge in [-0.25, -0.2) is 4.79 Å². The Morgan fingerprint density at radius 1 is 1.29 bits per heavy atom. The van der Waals surface area contributed by atoms with E-state index in [0.717, 1.165) is 5.56 Å². The highest BCUT2D eigenvalue weighted by Crippen LogP contribution is 2.11. The van der Waals surface area contributed by atoms with Gasteiger partial charge in [0, 0.05) is 13.1 Å². The second kappa shape index (κ2) is 5.68. The quantitative estimate of drug-likeness (QED) is 0.847. The molecular formula is C13H18N2O2. The summed E-state index contributed by atoms with van der Waals surface area (Å²) in [5.74, 6) is 0. The molecule has 0 saturated carbocycles. The van der Waals surface area contributed by atoms with Gasteiger partial charge in [0.15, 0.2) is 0 Å². The lowest BCUT2D eigenvalue weighted by Gasteiger charge is -2.28. The summed E-state index contributed by atoms with van der Waals surface area (Å²) in [7, 11) is 0. The van der Waals surface area contributed by atoms with Crippen LogP contribution in [-0.2, 0) is 4.74 Å². The van der Waals surface area contributed by atoms with E-state index >= 15 is 0 Å². The summed E-state index contributed by atoms with van der Waals surface area (Å²) in [4.78, 5) is 13.7. The molecule has 1 atom stereocenters. The fraction of sp³-hybridized carbons (Fsp3) is 0.462. The molecule has 0 spiro atoms. The number of amides is 2. The van der Waals surface area contributed by atoms with Crippen molar-refractivity contribution in [2.24, 2.45) is 0 Å². The molecule has 1 aliphatic rings. The van der Waals surface area contributed by atoms with Crippen LogP contribution in [0.3, 0.4) is 0 Å².